The number of carbonyl (C=O) groups excluding carboxylic acids is 4. The number of rotatable bonds is 11. The number of ether oxygens (including phenoxy) is 1. The minimum atomic E-state index is -0.736. The summed E-state index contributed by atoms with van der Waals surface area (Å²) in [6, 6.07) is 28.6. The van der Waals surface area contributed by atoms with Crippen molar-refractivity contribution in [3.8, 4) is 0 Å². The summed E-state index contributed by atoms with van der Waals surface area (Å²) >= 11 is 8.93. The van der Waals surface area contributed by atoms with Gasteiger partial charge in [0.15, 0.2) is 0 Å². The molecule has 12 heteroatoms. The zero-order valence-corrected chi connectivity index (χ0v) is 30.3. The van der Waals surface area contributed by atoms with Crippen molar-refractivity contribution in [2.24, 2.45) is 0 Å². The molecule has 3 amide bonds. The molecule has 5 aromatic rings. The van der Waals surface area contributed by atoms with Crippen LogP contribution in [0, 0.1) is 5.82 Å². The second kappa shape index (κ2) is 16.9. The van der Waals surface area contributed by atoms with E-state index >= 15 is 0 Å². The molecule has 0 radical (unpaired) electrons. The van der Waals surface area contributed by atoms with Crippen LogP contribution in [0.3, 0.4) is 0 Å². The Hall–Kier alpha value is -5.23. The highest BCUT2D eigenvalue weighted by Gasteiger charge is 2.30. The first-order valence-corrected chi connectivity index (χ1v) is 18.5. The third-order valence-corrected chi connectivity index (χ3v) is 11.1. The molecule has 0 saturated heterocycles. The fourth-order valence-electron chi connectivity index (χ4n) is 5.77. The highest BCUT2D eigenvalue weighted by molar-refractivity contribution is 8.00. The van der Waals surface area contributed by atoms with Crippen LogP contribution in [0.25, 0.3) is 6.08 Å². The van der Waals surface area contributed by atoms with E-state index < -0.39 is 28.9 Å². The minimum absolute atomic E-state index is 0.0595. The van der Waals surface area contributed by atoms with Crippen molar-refractivity contribution in [3.05, 3.63) is 152 Å². The summed E-state index contributed by atoms with van der Waals surface area (Å²) in [5.74, 6) is -2.77. The zero-order valence-electron chi connectivity index (χ0n) is 27.9. The molecule has 0 saturated carbocycles. The van der Waals surface area contributed by atoms with E-state index in [1.54, 1.807) is 54.6 Å². The highest BCUT2D eigenvalue weighted by Crippen LogP contribution is 2.41. The lowest BCUT2D eigenvalue weighted by molar-refractivity contribution is -0.116. The number of esters is 1. The first kappa shape index (κ1) is 36.6. The molecular weight excluding hydrogens is 721 g/mol. The number of carbonyl (C=O) groups is 4. The number of anilines is 2. The largest absolute Gasteiger partial charge is 0.465 e. The first-order chi connectivity index (χ1) is 25.2. The van der Waals surface area contributed by atoms with Crippen LogP contribution in [0.5, 0.6) is 0 Å². The van der Waals surface area contributed by atoms with Crippen LogP contribution in [0.4, 0.5) is 15.1 Å². The standard InChI is InChI=1S/C40H33ClFN3O5S2/c1-50-40(49)34-28-18-8-9-21-33(28)52-39(34)45-38(48)35(24-12-4-2-5-13-24)51-27-17-10-16-26(22-27)43-37(47)32(23-29-30(41)19-11-20-31(29)42)44-36(46)25-14-6-3-7-15-25/h2-7,10-17,19-20,22-23,35H,8-9,18,21H2,1H3,(H,43,47)(H,44,46)(H,45,48)/b32-23+. The number of methoxy groups -OCH3 is 1. The maximum absolute atomic E-state index is 14.8. The molecule has 1 unspecified atom stereocenters. The summed E-state index contributed by atoms with van der Waals surface area (Å²) in [4.78, 5) is 55.4. The molecule has 0 spiro atoms. The van der Waals surface area contributed by atoms with E-state index in [1.807, 2.05) is 30.3 Å². The molecular formula is C40H33ClFN3O5S2. The van der Waals surface area contributed by atoms with Gasteiger partial charge in [-0.3, -0.25) is 14.4 Å². The molecule has 1 atom stereocenters. The van der Waals surface area contributed by atoms with Gasteiger partial charge in [0.2, 0.25) is 5.91 Å². The predicted octanol–water partition coefficient (Wildman–Crippen LogP) is 9.09. The molecule has 1 aromatic heterocycles. The van der Waals surface area contributed by atoms with Gasteiger partial charge < -0.3 is 20.7 Å². The van der Waals surface area contributed by atoms with Gasteiger partial charge in [0.1, 0.15) is 21.8 Å². The average Bonchev–Trinajstić information content (AvgIpc) is 3.53. The smallest absolute Gasteiger partial charge is 0.341 e. The Kier molecular flexibility index (Phi) is 11.9. The van der Waals surface area contributed by atoms with Crippen molar-refractivity contribution in [1.29, 1.82) is 0 Å². The highest BCUT2D eigenvalue weighted by atomic mass is 35.5. The maximum Gasteiger partial charge on any atom is 0.341 e. The SMILES string of the molecule is COC(=O)c1c(NC(=O)C(Sc2cccc(NC(=O)/C(=C\c3c(F)cccc3Cl)NC(=O)c3ccccc3)c2)c2ccccc2)sc2c1CCCC2. The van der Waals surface area contributed by atoms with Crippen molar-refractivity contribution >= 4 is 75.2 Å². The molecule has 1 heterocycles. The number of aryl methyl sites for hydroxylation is 1. The van der Waals surface area contributed by atoms with Crippen LogP contribution >= 0.6 is 34.7 Å². The lowest BCUT2D eigenvalue weighted by Crippen LogP contribution is -2.30. The Bertz CT molecular complexity index is 2140. The second-order valence-electron chi connectivity index (χ2n) is 11.8. The Morgan fingerprint density at radius 2 is 1.60 bits per heavy atom. The van der Waals surface area contributed by atoms with Crippen LogP contribution < -0.4 is 16.0 Å². The first-order valence-electron chi connectivity index (χ1n) is 16.4. The molecule has 0 aliphatic heterocycles. The van der Waals surface area contributed by atoms with E-state index in [4.69, 9.17) is 16.3 Å². The molecule has 0 bridgehead atoms. The normalized spacial score (nSPS) is 13.0. The molecule has 0 fully saturated rings. The number of nitrogens with one attached hydrogen (secondary N) is 3. The molecule has 8 nitrogen and oxygen atoms in total. The molecule has 52 heavy (non-hydrogen) atoms. The average molecular weight is 754 g/mol. The van der Waals surface area contributed by atoms with Gasteiger partial charge in [0, 0.05) is 26.6 Å². The summed E-state index contributed by atoms with van der Waals surface area (Å²) in [5, 5.41) is 8.20. The predicted molar refractivity (Wildman–Crippen MR) is 204 cm³/mol. The molecule has 1 aliphatic carbocycles. The second-order valence-corrected chi connectivity index (χ2v) is 14.5. The molecule has 3 N–H and O–H groups in total. The van der Waals surface area contributed by atoms with E-state index in [-0.39, 0.29) is 22.2 Å². The summed E-state index contributed by atoms with van der Waals surface area (Å²) < 4.78 is 19.9. The van der Waals surface area contributed by atoms with Crippen molar-refractivity contribution in [1.82, 2.24) is 5.32 Å². The zero-order chi connectivity index (χ0) is 36.6. The molecule has 6 rings (SSSR count). The third kappa shape index (κ3) is 8.62. The van der Waals surface area contributed by atoms with Gasteiger partial charge in [-0.1, -0.05) is 72.3 Å². The molecule has 4 aromatic carbocycles. The third-order valence-electron chi connectivity index (χ3n) is 8.30. The van der Waals surface area contributed by atoms with Gasteiger partial charge in [-0.05, 0) is 85.4 Å². The lowest BCUT2D eigenvalue weighted by atomic mass is 9.95. The summed E-state index contributed by atoms with van der Waals surface area (Å²) in [7, 11) is 1.33. The van der Waals surface area contributed by atoms with Gasteiger partial charge in [0.05, 0.1) is 17.7 Å². The van der Waals surface area contributed by atoms with Crippen LogP contribution in [0.15, 0.2) is 114 Å². The van der Waals surface area contributed by atoms with E-state index in [0.29, 0.717) is 26.7 Å². The molecule has 1 aliphatic rings. The number of thiophene rings is 1. The van der Waals surface area contributed by atoms with Crippen LogP contribution in [-0.4, -0.2) is 30.8 Å². The number of amides is 3. The van der Waals surface area contributed by atoms with Gasteiger partial charge in [0.25, 0.3) is 11.8 Å². The Morgan fingerprint density at radius 1 is 0.885 bits per heavy atom. The van der Waals surface area contributed by atoms with Crippen molar-refractivity contribution in [3.63, 3.8) is 0 Å². The number of halogens is 2. The number of fused-ring (bicyclic) bond motifs is 1. The maximum atomic E-state index is 14.8. The fourth-order valence-corrected chi connectivity index (χ4v) is 8.35. The van der Waals surface area contributed by atoms with E-state index in [2.05, 4.69) is 16.0 Å². The van der Waals surface area contributed by atoms with E-state index in [9.17, 15) is 23.6 Å². The monoisotopic (exact) mass is 753 g/mol. The van der Waals surface area contributed by atoms with Crippen molar-refractivity contribution < 1.29 is 28.3 Å². The summed E-state index contributed by atoms with van der Waals surface area (Å²) in [5.41, 5.74) is 2.45. The Labute approximate surface area is 313 Å². The van der Waals surface area contributed by atoms with Gasteiger partial charge in [-0.15, -0.1) is 23.1 Å². The number of hydrogen-bond donors (Lipinski definition) is 3. The lowest BCUT2D eigenvalue weighted by Gasteiger charge is -2.18. The van der Waals surface area contributed by atoms with Crippen LogP contribution in [-0.2, 0) is 27.2 Å². The van der Waals surface area contributed by atoms with E-state index in [0.717, 1.165) is 41.7 Å². The van der Waals surface area contributed by atoms with Crippen molar-refractivity contribution in [2.75, 3.05) is 17.7 Å². The summed E-state index contributed by atoms with van der Waals surface area (Å²) in [6.45, 7) is 0. The minimum Gasteiger partial charge on any atom is -0.465 e. The number of benzene rings is 4. The Balaban J connectivity index is 1.26. The van der Waals surface area contributed by atoms with Gasteiger partial charge in [-0.2, -0.15) is 0 Å². The van der Waals surface area contributed by atoms with Crippen LogP contribution in [0.2, 0.25) is 5.02 Å². The summed E-state index contributed by atoms with van der Waals surface area (Å²) in [6.07, 6.45) is 4.76. The number of thioether (sulfide) groups is 1. The van der Waals surface area contributed by atoms with Crippen molar-refractivity contribution in [2.45, 2.75) is 35.8 Å². The van der Waals surface area contributed by atoms with E-state index in [1.165, 1.54) is 54.5 Å². The quantitative estimate of drug-likeness (QED) is 0.0705. The fraction of sp³-hybridized carbons (Fsp3) is 0.150. The molecule has 264 valence electrons. The topological polar surface area (TPSA) is 114 Å². The van der Waals surface area contributed by atoms with Crippen LogP contribution in [0.1, 0.15) is 60.4 Å². The van der Waals surface area contributed by atoms with Gasteiger partial charge >= 0.3 is 5.97 Å². The number of hydrogen-bond acceptors (Lipinski definition) is 7. The Morgan fingerprint density at radius 3 is 2.33 bits per heavy atom. The van der Waals surface area contributed by atoms with Gasteiger partial charge in [-0.25, -0.2) is 9.18 Å².